The number of carbonyl (C=O) groups is 1. The zero-order valence-electron chi connectivity index (χ0n) is 13.1. The number of methoxy groups -OCH3 is 1. The number of hydrogen-bond acceptors (Lipinski definition) is 3. The van der Waals surface area contributed by atoms with Crippen molar-refractivity contribution < 1.29 is 9.53 Å². The van der Waals surface area contributed by atoms with E-state index in [9.17, 15) is 4.79 Å². The van der Waals surface area contributed by atoms with Crippen LogP contribution in [0.15, 0.2) is 48.5 Å². The van der Waals surface area contributed by atoms with E-state index in [1.807, 2.05) is 43.3 Å². The first-order valence-corrected chi connectivity index (χ1v) is 7.53. The Morgan fingerprint density at radius 3 is 2.30 bits per heavy atom. The van der Waals surface area contributed by atoms with E-state index in [0.29, 0.717) is 17.2 Å². The van der Waals surface area contributed by atoms with Crippen LogP contribution in [0.4, 0.5) is 0 Å². The molecule has 0 saturated heterocycles. The number of nitrogens with one attached hydrogen (secondary N) is 3. The fourth-order valence-electron chi connectivity index (χ4n) is 1.86. The number of aryl methyl sites for hydroxylation is 1. The molecule has 0 aliphatic rings. The minimum absolute atomic E-state index is 0.237. The summed E-state index contributed by atoms with van der Waals surface area (Å²) in [5.74, 6) is 0.568. The van der Waals surface area contributed by atoms with Gasteiger partial charge in [0.05, 0.1) is 7.11 Å². The van der Waals surface area contributed by atoms with Crippen molar-refractivity contribution in [2.75, 3.05) is 7.11 Å². The van der Waals surface area contributed by atoms with E-state index in [1.165, 1.54) is 0 Å². The van der Waals surface area contributed by atoms with Gasteiger partial charge in [0.15, 0.2) is 5.11 Å². The van der Waals surface area contributed by atoms with Crippen LogP contribution in [0.5, 0.6) is 5.75 Å². The molecule has 3 N–H and O–H groups in total. The summed E-state index contributed by atoms with van der Waals surface area (Å²) in [7, 11) is 1.63. The van der Waals surface area contributed by atoms with Crippen LogP contribution >= 0.6 is 12.2 Å². The van der Waals surface area contributed by atoms with Crippen LogP contribution in [-0.4, -0.2) is 18.1 Å². The Morgan fingerprint density at radius 1 is 1.04 bits per heavy atom. The summed E-state index contributed by atoms with van der Waals surface area (Å²) in [6.07, 6.45) is 0. The summed E-state index contributed by atoms with van der Waals surface area (Å²) >= 11 is 5.13. The molecule has 0 bridgehead atoms. The number of hydrogen-bond donors (Lipinski definition) is 3. The smallest absolute Gasteiger partial charge is 0.269 e. The van der Waals surface area contributed by atoms with Crippen molar-refractivity contribution in [3.05, 3.63) is 65.2 Å². The summed E-state index contributed by atoms with van der Waals surface area (Å²) in [6.45, 7) is 2.52. The highest BCUT2D eigenvalue weighted by Crippen LogP contribution is 2.10. The standard InChI is InChI=1S/C17H19N3O2S/c1-12-3-7-14(8-4-12)16(21)19-20-17(23)18-11-13-5-9-15(22-2)10-6-13/h3-10H,11H2,1-2H3,(H,19,21)(H2,18,20,23). The second-order valence-corrected chi connectivity index (χ2v) is 5.38. The van der Waals surface area contributed by atoms with Gasteiger partial charge in [0.2, 0.25) is 0 Å². The van der Waals surface area contributed by atoms with Crippen LogP contribution in [0.2, 0.25) is 0 Å². The Kier molecular flexibility index (Phi) is 5.94. The Hall–Kier alpha value is -2.60. The molecule has 0 aromatic heterocycles. The Labute approximate surface area is 141 Å². The molecule has 0 fully saturated rings. The maximum atomic E-state index is 11.9. The third kappa shape index (κ3) is 5.27. The Bertz CT molecular complexity index is 669. The van der Waals surface area contributed by atoms with E-state index in [-0.39, 0.29) is 5.91 Å². The predicted octanol–water partition coefficient (Wildman–Crippen LogP) is 2.31. The molecule has 0 saturated carbocycles. The second-order valence-electron chi connectivity index (χ2n) is 4.98. The molecule has 0 spiro atoms. The zero-order valence-corrected chi connectivity index (χ0v) is 13.9. The van der Waals surface area contributed by atoms with Gasteiger partial charge in [-0.2, -0.15) is 0 Å². The van der Waals surface area contributed by atoms with Crippen molar-refractivity contribution in [1.82, 2.24) is 16.2 Å². The highest BCUT2D eigenvalue weighted by Gasteiger charge is 2.05. The van der Waals surface area contributed by atoms with Crippen LogP contribution in [-0.2, 0) is 6.54 Å². The monoisotopic (exact) mass is 329 g/mol. The van der Waals surface area contributed by atoms with E-state index in [0.717, 1.165) is 16.9 Å². The van der Waals surface area contributed by atoms with Crippen LogP contribution < -0.4 is 20.9 Å². The molecule has 5 nitrogen and oxygen atoms in total. The van der Waals surface area contributed by atoms with Crippen LogP contribution in [0.25, 0.3) is 0 Å². The quantitative estimate of drug-likeness (QED) is 0.593. The van der Waals surface area contributed by atoms with Gasteiger partial charge in [-0.15, -0.1) is 0 Å². The fraction of sp³-hybridized carbons (Fsp3) is 0.176. The highest BCUT2D eigenvalue weighted by atomic mass is 32.1. The topological polar surface area (TPSA) is 62.4 Å². The summed E-state index contributed by atoms with van der Waals surface area (Å²) in [4.78, 5) is 11.9. The SMILES string of the molecule is COc1ccc(CNC(=S)NNC(=O)c2ccc(C)cc2)cc1. The molecule has 0 radical (unpaired) electrons. The number of rotatable bonds is 4. The van der Waals surface area contributed by atoms with Crippen LogP contribution in [0, 0.1) is 6.92 Å². The van der Waals surface area contributed by atoms with Crippen molar-refractivity contribution in [2.24, 2.45) is 0 Å². The van der Waals surface area contributed by atoms with Crippen LogP contribution in [0.3, 0.4) is 0 Å². The summed E-state index contributed by atoms with van der Waals surface area (Å²) in [6, 6.07) is 14.9. The molecule has 6 heteroatoms. The van der Waals surface area contributed by atoms with Crippen LogP contribution in [0.1, 0.15) is 21.5 Å². The molecule has 2 rings (SSSR count). The molecular formula is C17H19N3O2S. The molecule has 2 aromatic rings. The van der Waals surface area contributed by atoms with Crippen molar-refractivity contribution in [3.63, 3.8) is 0 Å². The molecular weight excluding hydrogens is 310 g/mol. The number of ether oxygens (including phenoxy) is 1. The summed E-state index contributed by atoms with van der Waals surface area (Å²) in [5.41, 5.74) is 7.97. The average Bonchev–Trinajstić information content (AvgIpc) is 2.59. The second kappa shape index (κ2) is 8.14. The Balaban J connectivity index is 1.76. The number of benzene rings is 2. The van der Waals surface area contributed by atoms with E-state index in [4.69, 9.17) is 17.0 Å². The van der Waals surface area contributed by atoms with Gasteiger partial charge >= 0.3 is 0 Å². The van der Waals surface area contributed by atoms with Gasteiger partial charge < -0.3 is 10.1 Å². The molecule has 2 aromatic carbocycles. The van der Waals surface area contributed by atoms with Gasteiger partial charge in [-0.3, -0.25) is 15.6 Å². The van der Waals surface area contributed by atoms with E-state index in [1.54, 1.807) is 19.2 Å². The van der Waals surface area contributed by atoms with Crippen molar-refractivity contribution in [3.8, 4) is 5.75 Å². The van der Waals surface area contributed by atoms with Gasteiger partial charge in [0, 0.05) is 12.1 Å². The fourth-order valence-corrected chi connectivity index (χ4v) is 1.98. The van der Waals surface area contributed by atoms with Gasteiger partial charge in [0.1, 0.15) is 5.75 Å². The molecule has 120 valence electrons. The minimum Gasteiger partial charge on any atom is -0.497 e. The molecule has 0 atom stereocenters. The summed E-state index contributed by atoms with van der Waals surface area (Å²) < 4.78 is 5.10. The molecule has 0 aliphatic heterocycles. The van der Waals surface area contributed by atoms with Gasteiger partial charge in [0.25, 0.3) is 5.91 Å². The van der Waals surface area contributed by atoms with Gasteiger partial charge in [-0.05, 0) is 49.0 Å². The maximum Gasteiger partial charge on any atom is 0.269 e. The molecule has 23 heavy (non-hydrogen) atoms. The molecule has 0 unspecified atom stereocenters. The predicted molar refractivity (Wildman–Crippen MR) is 94.2 cm³/mol. The third-order valence-electron chi connectivity index (χ3n) is 3.22. The molecule has 0 heterocycles. The van der Waals surface area contributed by atoms with Gasteiger partial charge in [-0.1, -0.05) is 29.8 Å². The zero-order chi connectivity index (χ0) is 16.7. The van der Waals surface area contributed by atoms with Crippen molar-refractivity contribution in [1.29, 1.82) is 0 Å². The number of hydrazine groups is 1. The molecule has 0 aliphatic carbocycles. The lowest BCUT2D eigenvalue weighted by Crippen LogP contribution is -2.46. The number of amides is 1. The highest BCUT2D eigenvalue weighted by molar-refractivity contribution is 7.80. The number of thiocarbonyl (C=S) groups is 1. The van der Waals surface area contributed by atoms with Gasteiger partial charge in [-0.25, -0.2) is 0 Å². The first kappa shape index (κ1) is 16.8. The maximum absolute atomic E-state index is 11.9. The first-order valence-electron chi connectivity index (χ1n) is 7.12. The number of carbonyl (C=O) groups excluding carboxylic acids is 1. The molecule has 1 amide bonds. The first-order chi connectivity index (χ1) is 11.1. The normalized spacial score (nSPS) is 9.83. The average molecular weight is 329 g/mol. The van der Waals surface area contributed by atoms with Crippen molar-refractivity contribution in [2.45, 2.75) is 13.5 Å². The van der Waals surface area contributed by atoms with E-state index >= 15 is 0 Å². The lowest BCUT2D eigenvalue weighted by atomic mass is 10.1. The Morgan fingerprint density at radius 2 is 1.70 bits per heavy atom. The lowest BCUT2D eigenvalue weighted by Gasteiger charge is -2.12. The lowest BCUT2D eigenvalue weighted by molar-refractivity contribution is 0.0943. The van der Waals surface area contributed by atoms with E-state index in [2.05, 4.69) is 16.2 Å². The third-order valence-corrected chi connectivity index (χ3v) is 3.46. The largest absolute Gasteiger partial charge is 0.497 e. The van der Waals surface area contributed by atoms with Crippen molar-refractivity contribution >= 4 is 23.2 Å². The van der Waals surface area contributed by atoms with E-state index < -0.39 is 0 Å². The summed E-state index contributed by atoms with van der Waals surface area (Å²) in [5, 5.41) is 3.37. The minimum atomic E-state index is -0.237.